The molecule has 1 amide bonds. The number of sulfonamides is 1. The maximum atomic E-state index is 12.7. The fourth-order valence-corrected chi connectivity index (χ4v) is 3.95. The van der Waals surface area contributed by atoms with Gasteiger partial charge in [0.2, 0.25) is 5.91 Å². The summed E-state index contributed by atoms with van der Waals surface area (Å²) in [7, 11) is -0.746. The van der Waals surface area contributed by atoms with Crippen molar-refractivity contribution in [2.24, 2.45) is 0 Å². The molecule has 7 nitrogen and oxygen atoms in total. The van der Waals surface area contributed by atoms with Crippen LogP contribution >= 0.6 is 0 Å². The van der Waals surface area contributed by atoms with Crippen molar-refractivity contribution in [2.75, 3.05) is 24.3 Å². The van der Waals surface area contributed by atoms with E-state index < -0.39 is 10.0 Å². The fraction of sp³-hybridized carbons (Fsp3) is 0.136. The normalized spacial score (nSPS) is 10.9. The SMILES string of the molecule is COc1ccc(NS(=O)(=O)c2cccc(NC(=O)Cc3ccccc3OC)c2)cc1. The van der Waals surface area contributed by atoms with Crippen molar-refractivity contribution in [3.05, 3.63) is 78.4 Å². The third kappa shape index (κ3) is 5.30. The first-order chi connectivity index (χ1) is 14.4. The number of para-hydroxylation sites is 1. The van der Waals surface area contributed by atoms with Gasteiger partial charge in [-0.3, -0.25) is 9.52 Å². The summed E-state index contributed by atoms with van der Waals surface area (Å²) < 4.78 is 38.2. The number of benzene rings is 3. The van der Waals surface area contributed by atoms with E-state index in [-0.39, 0.29) is 17.2 Å². The lowest BCUT2D eigenvalue weighted by molar-refractivity contribution is -0.115. The number of carbonyl (C=O) groups excluding carboxylic acids is 1. The number of ether oxygens (including phenoxy) is 2. The maximum absolute atomic E-state index is 12.7. The highest BCUT2D eigenvalue weighted by Gasteiger charge is 2.16. The molecular formula is C22H22N2O5S. The minimum atomic E-state index is -3.82. The zero-order valence-electron chi connectivity index (χ0n) is 16.6. The maximum Gasteiger partial charge on any atom is 0.261 e. The molecule has 8 heteroatoms. The Labute approximate surface area is 175 Å². The molecule has 0 aliphatic carbocycles. The van der Waals surface area contributed by atoms with Crippen molar-refractivity contribution < 1.29 is 22.7 Å². The average Bonchev–Trinajstić information content (AvgIpc) is 2.74. The monoisotopic (exact) mass is 426 g/mol. The van der Waals surface area contributed by atoms with Crippen molar-refractivity contribution in [1.82, 2.24) is 0 Å². The highest BCUT2D eigenvalue weighted by atomic mass is 32.2. The van der Waals surface area contributed by atoms with Crippen LogP contribution in [-0.4, -0.2) is 28.5 Å². The van der Waals surface area contributed by atoms with Gasteiger partial charge in [-0.15, -0.1) is 0 Å². The molecule has 0 heterocycles. The molecule has 0 aliphatic rings. The lowest BCUT2D eigenvalue weighted by Crippen LogP contribution is -2.16. The molecule has 0 fully saturated rings. The van der Waals surface area contributed by atoms with Crippen LogP contribution in [0.4, 0.5) is 11.4 Å². The Balaban J connectivity index is 1.72. The molecule has 2 N–H and O–H groups in total. The Morgan fingerprint density at radius 1 is 0.867 bits per heavy atom. The Morgan fingerprint density at radius 3 is 2.30 bits per heavy atom. The number of anilines is 2. The molecule has 3 rings (SSSR count). The predicted molar refractivity (Wildman–Crippen MR) is 116 cm³/mol. The Hall–Kier alpha value is -3.52. The first kappa shape index (κ1) is 21.2. The molecular weight excluding hydrogens is 404 g/mol. The van der Waals surface area contributed by atoms with Crippen LogP contribution in [0.25, 0.3) is 0 Å². The van der Waals surface area contributed by atoms with Crippen LogP contribution < -0.4 is 19.5 Å². The van der Waals surface area contributed by atoms with Gasteiger partial charge in [0.1, 0.15) is 11.5 Å². The van der Waals surface area contributed by atoms with Crippen LogP contribution in [0.2, 0.25) is 0 Å². The van der Waals surface area contributed by atoms with Crippen LogP contribution in [0.3, 0.4) is 0 Å². The van der Waals surface area contributed by atoms with Crippen LogP contribution in [-0.2, 0) is 21.2 Å². The van der Waals surface area contributed by atoms with Crippen LogP contribution in [0.15, 0.2) is 77.7 Å². The van der Waals surface area contributed by atoms with Crippen molar-refractivity contribution >= 4 is 27.3 Å². The standard InChI is InChI=1S/C22H22N2O5S/c1-28-19-12-10-17(11-13-19)24-30(26,27)20-8-5-7-18(15-20)23-22(25)14-16-6-3-4-9-21(16)29-2/h3-13,15,24H,14H2,1-2H3,(H,23,25). The van der Waals surface area contributed by atoms with Gasteiger partial charge in [-0.1, -0.05) is 24.3 Å². The van der Waals surface area contributed by atoms with Crippen molar-refractivity contribution in [2.45, 2.75) is 11.3 Å². The summed E-state index contributed by atoms with van der Waals surface area (Å²) in [5.74, 6) is 0.961. The third-order valence-electron chi connectivity index (χ3n) is 4.31. The highest BCUT2D eigenvalue weighted by molar-refractivity contribution is 7.92. The smallest absolute Gasteiger partial charge is 0.261 e. The van der Waals surface area contributed by atoms with Gasteiger partial charge in [0.15, 0.2) is 0 Å². The average molecular weight is 426 g/mol. The van der Waals surface area contributed by atoms with Crippen LogP contribution in [0.5, 0.6) is 11.5 Å². The quantitative estimate of drug-likeness (QED) is 0.573. The van der Waals surface area contributed by atoms with Crippen LogP contribution in [0, 0.1) is 0 Å². The number of carbonyl (C=O) groups is 1. The van der Waals surface area contributed by atoms with E-state index in [4.69, 9.17) is 9.47 Å². The van der Waals surface area contributed by atoms with E-state index in [0.717, 1.165) is 5.56 Å². The van der Waals surface area contributed by atoms with Gasteiger partial charge in [-0.25, -0.2) is 8.42 Å². The molecule has 156 valence electrons. The molecule has 0 saturated heterocycles. The first-order valence-corrected chi connectivity index (χ1v) is 10.6. The summed E-state index contributed by atoms with van der Waals surface area (Å²) in [4.78, 5) is 12.5. The molecule has 3 aromatic rings. The summed E-state index contributed by atoms with van der Waals surface area (Å²) in [5.41, 5.74) is 1.52. The summed E-state index contributed by atoms with van der Waals surface area (Å²) in [5, 5.41) is 2.73. The van der Waals surface area contributed by atoms with Crippen molar-refractivity contribution in [3.63, 3.8) is 0 Å². The predicted octanol–water partition coefficient (Wildman–Crippen LogP) is 3.69. The lowest BCUT2D eigenvalue weighted by atomic mass is 10.1. The van der Waals surface area contributed by atoms with E-state index >= 15 is 0 Å². The molecule has 0 atom stereocenters. The Morgan fingerprint density at radius 2 is 1.60 bits per heavy atom. The molecule has 0 unspecified atom stereocenters. The number of rotatable bonds is 8. The molecule has 0 radical (unpaired) electrons. The van der Waals surface area contributed by atoms with Gasteiger partial charge in [-0.05, 0) is 48.5 Å². The number of amides is 1. The molecule has 0 aliphatic heterocycles. The van der Waals surface area contributed by atoms with Gasteiger partial charge in [0.05, 0.1) is 25.5 Å². The minimum Gasteiger partial charge on any atom is -0.497 e. The molecule has 0 spiro atoms. The Bertz CT molecular complexity index is 1130. The van der Waals surface area contributed by atoms with Crippen molar-refractivity contribution in [1.29, 1.82) is 0 Å². The fourth-order valence-electron chi connectivity index (χ4n) is 2.84. The third-order valence-corrected chi connectivity index (χ3v) is 5.69. The zero-order valence-corrected chi connectivity index (χ0v) is 17.4. The molecule has 3 aromatic carbocycles. The van der Waals surface area contributed by atoms with Gasteiger partial charge >= 0.3 is 0 Å². The highest BCUT2D eigenvalue weighted by Crippen LogP contribution is 2.22. The van der Waals surface area contributed by atoms with Crippen molar-refractivity contribution in [3.8, 4) is 11.5 Å². The first-order valence-electron chi connectivity index (χ1n) is 9.10. The summed E-state index contributed by atoms with van der Waals surface area (Å²) in [6.45, 7) is 0. The van der Waals surface area contributed by atoms with E-state index in [1.54, 1.807) is 55.6 Å². The topological polar surface area (TPSA) is 93.7 Å². The lowest BCUT2D eigenvalue weighted by Gasteiger charge is -2.11. The van der Waals surface area contributed by atoms with Crippen LogP contribution in [0.1, 0.15) is 5.56 Å². The van der Waals surface area contributed by atoms with Gasteiger partial charge < -0.3 is 14.8 Å². The summed E-state index contributed by atoms with van der Waals surface area (Å²) in [6, 6.07) is 19.8. The largest absolute Gasteiger partial charge is 0.497 e. The number of hydrogen-bond acceptors (Lipinski definition) is 5. The van der Waals surface area contributed by atoms with Gasteiger partial charge in [0, 0.05) is 16.9 Å². The van der Waals surface area contributed by atoms with E-state index in [1.165, 1.54) is 19.2 Å². The Kier molecular flexibility index (Phi) is 6.58. The number of hydrogen-bond donors (Lipinski definition) is 2. The minimum absolute atomic E-state index is 0.0356. The van der Waals surface area contributed by atoms with E-state index in [2.05, 4.69) is 10.0 Å². The molecule has 30 heavy (non-hydrogen) atoms. The number of methoxy groups -OCH3 is 2. The van der Waals surface area contributed by atoms with Gasteiger partial charge in [0.25, 0.3) is 10.0 Å². The molecule has 0 aromatic heterocycles. The van der Waals surface area contributed by atoms with Gasteiger partial charge in [-0.2, -0.15) is 0 Å². The van der Waals surface area contributed by atoms with E-state index in [1.807, 2.05) is 12.1 Å². The van der Waals surface area contributed by atoms with E-state index in [0.29, 0.717) is 22.9 Å². The second kappa shape index (κ2) is 9.32. The summed E-state index contributed by atoms with van der Waals surface area (Å²) >= 11 is 0. The summed E-state index contributed by atoms with van der Waals surface area (Å²) in [6.07, 6.45) is 0.102. The zero-order chi connectivity index (χ0) is 21.6. The molecule has 0 saturated carbocycles. The molecule has 0 bridgehead atoms. The van der Waals surface area contributed by atoms with E-state index in [9.17, 15) is 13.2 Å². The second-order valence-electron chi connectivity index (χ2n) is 6.40. The second-order valence-corrected chi connectivity index (χ2v) is 8.08. The number of nitrogens with one attached hydrogen (secondary N) is 2.